The molecule has 0 unspecified atom stereocenters. The van der Waals surface area contributed by atoms with Crippen molar-refractivity contribution in [2.45, 2.75) is 32.3 Å². The minimum Gasteiger partial charge on any atom is -0.387 e. The molecule has 2 aromatic rings. The van der Waals surface area contributed by atoms with Crippen molar-refractivity contribution in [1.29, 1.82) is 0 Å². The van der Waals surface area contributed by atoms with Crippen molar-refractivity contribution in [3.8, 4) is 0 Å². The van der Waals surface area contributed by atoms with Gasteiger partial charge >= 0.3 is 0 Å². The third-order valence-corrected chi connectivity index (χ3v) is 5.01. The second kappa shape index (κ2) is 8.45. The molecule has 2 aromatic carbocycles. The lowest BCUT2D eigenvalue weighted by atomic mass is 9.96. The number of aliphatic hydroxyl groups excluding tert-OH is 1. The smallest absolute Gasteiger partial charge is 0.224 e. The van der Waals surface area contributed by atoms with Crippen LogP contribution in [0.25, 0.3) is 10.8 Å². The number of carbonyl (C=O) groups excluding carboxylic acids is 1. The summed E-state index contributed by atoms with van der Waals surface area (Å²) in [5.41, 5.74) is 0.941. The number of aliphatic hydroxyl groups is 1. The summed E-state index contributed by atoms with van der Waals surface area (Å²) < 4.78 is 0. The number of nitrogens with zero attached hydrogens (tertiary/aromatic N) is 1. The number of benzene rings is 2. The number of rotatable bonds is 6. The molecule has 25 heavy (non-hydrogen) atoms. The molecule has 3 rings (SSSR count). The van der Waals surface area contributed by atoms with Gasteiger partial charge in [0.2, 0.25) is 5.91 Å². The molecule has 0 bridgehead atoms. The van der Waals surface area contributed by atoms with Crippen molar-refractivity contribution < 1.29 is 9.90 Å². The van der Waals surface area contributed by atoms with Crippen LogP contribution in [0.5, 0.6) is 0 Å². The van der Waals surface area contributed by atoms with Gasteiger partial charge in [0.1, 0.15) is 0 Å². The van der Waals surface area contributed by atoms with Gasteiger partial charge in [-0.1, -0.05) is 43.3 Å². The van der Waals surface area contributed by atoms with Crippen LogP contribution in [0.2, 0.25) is 0 Å². The molecule has 4 heteroatoms. The van der Waals surface area contributed by atoms with E-state index in [9.17, 15) is 9.90 Å². The molecule has 2 N–H and O–H groups in total. The van der Waals surface area contributed by atoms with E-state index in [4.69, 9.17) is 0 Å². The Balaban J connectivity index is 1.61. The van der Waals surface area contributed by atoms with E-state index in [-0.39, 0.29) is 11.8 Å². The summed E-state index contributed by atoms with van der Waals surface area (Å²) in [6.07, 6.45) is 2.39. The number of β-amino-alcohol motifs (C(OH)–C–C–N with tert-alkyl or cyclic N) is 1. The Morgan fingerprint density at radius 2 is 2.08 bits per heavy atom. The Morgan fingerprint density at radius 3 is 2.88 bits per heavy atom. The van der Waals surface area contributed by atoms with Gasteiger partial charge in [0.15, 0.2) is 0 Å². The maximum absolute atomic E-state index is 12.2. The average molecular weight is 340 g/mol. The normalized spacial score (nSPS) is 19.7. The number of likely N-dealkylation sites (tertiary alicyclic amines) is 1. The number of amides is 1. The monoisotopic (exact) mass is 340 g/mol. The molecule has 0 spiro atoms. The topological polar surface area (TPSA) is 52.6 Å². The fourth-order valence-corrected chi connectivity index (χ4v) is 3.59. The summed E-state index contributed by atoms with van der Waals surface area (Å²) >= 11 is 0. The zero-order chi connectivity index (χ0) is 17.6. The molecule has 0 saturated carbocycles. The summed E-state index contributed by atoms with van der Waals surface area (Å²) in [5, 5.41) is 16.0. The van der Waals surface area contributed by atoms with Gasteiger partial charge in [-0.05, 0) is 48.2 Å². The summed E-state index contributed by atoms with van der Waals surface area (Å²) in [7, 11) is 0. The number of hydrogen-bond donors (Lipinski definition) is 2. The third kappa shape index (κ3) is 4.59. The van der Waals surface area contributed by atoms with Crippen molar-refractivity contribution in [3.63, 3.8) is 0 Å². The third-order valence-electron chi connectivity index (χ3n) is 5.01. The van der Waals surface area contributed by atoms with E-state index in [1.165, 1.54) is 5.39 Å². The maximum Gasteiger partial charge on any atom is 0.224 e. The van der Waals surface area contributed by atoms with Crippen LogP contribution in [0.15, 0.2) is 42.5 Å². The molecule has 1 aliphatic rings. The molecule has 1 fully saturated rings. The summed E-state index contributed by atoms with van der Waals surface area (Å²) in [4.78, 5) is 14.4. The van der Waals surface area contributed by atoms with Crippen molar-refractivity contribution in [1.82, 2.24) is 10.2 Å². The maximum atomic E-state index is 12.2. The molecule has 1 saturated heterocycles. The number of nitrogens with one attached hydrogen (secondary N) is 1. The standard InChI is InChI=1S/C21H28N2O2/c1-2-11-22-21(25)19-8-5-12-23(14-19)15-20(24)18-10-9-16-6-3-4-7-17(16)13-18/h3-4,6-7,9-10,13,19-20,24H,2,5,8,11-12,14-15H2,1H3,(H,22,25)/t19-,20+/m1/s1. The molecule has 134 valence electrons. The van der Waals surface area contributed by atoms with Crippen LogP contribution in [0.1, 0.15) is 37.9 Å². The van der Waals surface area contributed by atoms with Crippen LogP contribution in [0.4, 0.5) is 0 Å². The van der Waals surface area contributed by atoms with Crippen LogP contribution in [0, 0.1) is 5.92 Å². The molecule has 1 amide bonds. The Labute approximate surface area is 149 Å². The number of carbonyl (C=O) groups is 1. The van der Waals surface area contributed by atoms with Crippen molar-refractivity contribution in [2.24, 2.45) is 5.92 Å². The molecule has 1 heterocycles. The van der Waals surface area contributed by atoms with Gasteiger partial charge in [0.05, 0.1) is 12.0 Å². The van der Waals surface area contributed by atoms with Gasteiger partial charge in [0, 0.05) is 19.6 Å². The second-order valence-corrected chi connectivity index (χ2v) is 7.01. The fourth-order valence-electron chi connectivity index (χ4n) is 3.59. The van der Waals surface area contributed by atoms with Crippen molar-refractivity contribution >= 4 is 16.7 Å². The predicted molar refractivity (Wildman–Crippen MR) is 101 cm³/mol. The molecular formula is C21H28N2O2. The molecule has 0 aliphatic carbocycles. The molecule has 0 aromatic heterocycles. The quantitative estimate of drug-likeness (QED) is 0.849. The highest BCUT2D eigenvalue weighted by Gasteiger charge is 2.26. The highest BCUT2D eigenvalue weighted by molar-refractivity contribution is 5.83. The predicted octanol–water partition coefficient (Wildman–Crippen LogP) is 3.11. The highest BCUT2D eigenvalue weighted by atomic mass is 16.3. The van der Waals surface area contributed by atoms with Crippen LogP contribution in [0.3, 0.4) is 0 Å². The average Bonchev–Trinajstić information content (AvgIpc) is 2.65. The van der Waals surface area contributed by atoms with Crippen molar-refractivity contribution in [3.05, 3.63) is 48.0 Å². The summed E-state index contributed by atoms with van der Waals surface area (Å²) in [6.45, 7) is 5.07. The first-order valence-electron chi connectivity index (χ1n) is 9.34. The number of fused-ring (bicyclic) bond motifs is 1. The van der Waals surface area contributed by atoms with E-state index in [2.05, 4.69) is 41.4 Å². The number of piperidine rings is 1. The van der Waals surface area contributed by atoms with Gasteiger partial charge in [-0.25, -0.2) is 0 Å². The second-order valence-electron chi connectivity index (χ2n) is 7.01. The van der Waals surface area contributed by atoms with E-state index < -0.39 is 6.10 Å². The fraction of sp³-hybridized carbons (Fsp3) is 0.476. The van der Waals surface area contributed by atoms with Gasteiger partial charge in [0.25, 0.3) is 0 Å². The number of hydrogen-bond acceptors (Lipinski definition) is 3. The SMILES string of the molecule is CCCNC(=O)[C@@H]1CCCN(C[C@H](O)c2ccc3ccccc3c2)C1. The minimum absolute atomic E-state index is 0.0455. The Hall–Kier alpha value is -1.91. The highest BCUT2D eigenvalue weighted by Crippen LogP contribution is 2.23. The molecule has 1 aliphatic heterocycles. The van der Waals surface area contributed by atoms with Crippen LogP contribution in [-0.4, -0.2) is 42.1 Å². The summed E-state index contributed by atoms with van der Waals surface area (Å²) in [5.74, 6) is 0.204. The summed E-state index contributed by atoms with van der Waals surface area (Å²) in [6, 6.07) is 14.3. The van der Waals surface area contributed by atoms with Gasteiger partial charge in [-0.2, -0.15) is 0 Å². The van der Waals surface area contributed by atoms with E-state index >= 15 is 0 Å². The van der Waals surface area contributed by atoms with E-state index in [1.54, 1.807) is 0 Å². The molecule has 0 radical (unpaired) electrons. The minimum atomic E-state index is -0.526. The first-order valence-corrected chi connectivity index (χ1v) is 9.34. The Morgan fingerprint density at radius 1 is 1.28 bits per heavy atom. The van der Waals surface area contributed by atoms with Crippen molar-refractivity contribution in [2.75, 3.05) is 26.2 Å². The van der Waals surface area contributed by atoms with Crippen LogP contribution in [-0.2, 0) is 4.79 Å². The van der Waals surface area contributed by atoms with E-state index in [0.717, 1.165) is 49.8 Å². The first-order chi connectivity index (χ1) is 12.2. The molecular weight excluding hydrogens is 312 g/mol. The Kier molecular flexibility index (Phi) is 6.05. The zero-order valence-corrected chi connectivity index (χ0v) is 14.9. The molecule has 4 nitrogen and oxygen atoms in total. The lowest BCUT2D eigenvalue weighted by Gasteiger charge is -2.33. The van der Waals surface area contributed by atoms with E-state index in [0.29, 0.717) is 6.54 Å². The largest absolute Gasteiger partial charge is 0.387 e. The molecule has 2 atom stereocenters. The lowest BCUT2D eigenvalue weighted by Crippen LogP contribution is -2.44. The van der Waals surface area contributed by atoms with Gasteiger partial charge in [-0.15, -0.1) is 0 Å². The van der Waals surface area contributed by atoms with Gasteiger partial charge in [-0.3, -0.25) is 9.69 Å². The van der Waals surface area contributed by atoms with E-state index in [1.807, 2.05) is 18.2 Å². The Bertz CT molecular complexity index is 716. The first kappa shape index (κ1) is 17.9. The van der Waals surface area contributed by atoms with Gasteiger partial charge < -0.3 is 10.4 Å². The van der Waals surface area contributed by atoms with Crippen LogP contribution < -0.4 is 5.32 Å². The zero-order valence-electron chi connectivity index (χ0n) is 14.9. The lowest BCUT2D eigenvalue weighted by molar-refractivity contribution is -0.126. The van der Waals surface area contributed by atoms with Crippen LogP contribution >= 0.6 is 0 Å².